The molecule has 0 radical (unpaired) electrons. The van der Waals surface area contributed by atoms with Crippen LogP contribution >= 0.6 is 38.5 Å². The highest BCUT2D eigenvalue weighted by Crippen LogP contribution is 2.25. The SMILES string of the molecule is Cc1ccc(N(C)C(=O)c2cc(Br)ccc2I)c(C)c1. The molecule has 0 aliphatic carbocycles. The Kier molecular flexibility index (Phi) is 4.86. The van der Waals surface area contributed by atoms with Gasteiger partial charge in [0.25, 0.3) is 5.91 Å². The van der Waals surface area contributed by atoms with E-state index in [1.165, 1.54) is 5.56 Å². The highest BCUT2D eigenvalue weighted by Gasteiger charge is 2.17. The smallest absolute Gasteiger partial charge is 0.259 e. The number of amides is 1. The second kappa shape index (κ2) is 6.26. The number of hydrogen-bond donors (Lipinski definition) is 0. The number of halogens is 2. The number of aryl methyl sites for hydroxylation is 2. The van der Waals surface area contributed by atoms with Crippen LogP contribution in [-0.2, 0) is 0 Å². The monoisotopic (exact) mass is 443 g/mol. The molecule has 0 bridgehead atoms. The van der Waals surface area contributed by atoms with Crippen molar-refractivity contribution in [1.29, 1.82) is 0 Å². The average Bonchev–Trinajstić information content (AvgIpc) is 2.40. The van der Waals surface area contributed by atoms with Crippen molar-refractivity contribution >= 4 is 50.1 Å². The highest BCUT2D eigenvalue weighted by molar-refractivity contribution is 14.1. The zero-order chi connectivity index (χ0) is 14.9. The second-order valence-corrected chi connectivity index (χ2v) is 6.86. The van der Waals surface area contributed by atoms with Gasteiger partial charge < -0.3 is 4.90 Å². The van der Waals surface area contributed by atoms with Crippen LogP contribution in [0.3, 0.4) is 0 Å². The van der Waals surface area contributed by atoms with Crippen molar-refractivity contribution in [3.8, 4) is 0 Å². The van der Waals surface area contributed by atoms with Gasteiger partial charge in [0.15, 0.2) is 0 Å². The molecule has 0 saturated carbocycles. The minimum Gasteiger partial charge on any atom is -0.311 e. The number of hydrogen-bond acceptors (Lipinski definition) is 1. The standard InChI is InChI=1S/C16H15BrINO/c1-10-4-7-15(11(2)8-10)19(3)16(20)13-9-12(17)5-6-14(13)18/h4-9H,1-3H3. The summed E-state index contributed by atoms with van der Waals surface area (Å²) in [5.41, 5.74) is 3.95. The van der Waals surface area contributed by atoms with Crippen LogP contribution in [0.1, 0.15) is 21.5 Å². The largest absolute Gasteiger partial charge is 0.311 e. The highest BCUT2D eigenvalue weighted by atomic mass is 127. The van der Waals surface area contributed by atoms with E-state index in [1.807, 2.05) is 44.3 Å². The van der Waals surface area contributed by atoms with Crippen LogP contribution in [0, 0.1) is 17.4 Å². The van der Waals surface area contributed by atoms with Crippen LogP contribution in [0.5, 0.6) is 0 Å². The van der Waals surface area contributed by atoms with Crippen LogP contribution in [-0.4, -0.2) is 13.0 Å². The maximum absolute atomic E-state index is 12.7. The van der Waals surface area contributed by atoms with Gasteiger partial charge in [-0.25, -0.2) is 0 Å². The van der Waals surface area contributed by atoms with Gasteiger partial charge in [0.2, 0.25) is 0 Å². The number of rotatable bonds is 2. The van der Waals surface area contributed by atoms with Gasteiger partial charge in [0.05, 0.1) is 5.56 Å². The van der Waals surface area contributed by atoms with Crippen molar-refractivity contribution < 1.29 is 4.79 Å². The number of benzene rings is 2. The van der Waals surface area contributed by atoms with E-state index in [0.717, 1.165) is 19.3 Å². The molecule has 2 aromatic carbocycles. The van der Waals surface area contributed by atoms with Gasteiger partial charge in [-0.2, -0.15) is 0 Å². The van der Waals surface area contributed by atoms with E-state index in [-0.39, 0.29) is 5.91 Å². The van der Waals surface area contributed by atoms with Gasteiger partial charge in [-0.15, -0.1) is 0 Å². The topological polar surface area (TPSA) is 20.3 Å². The third kappa shape index (κ3) is 3.23. The summed E-state index contributed by atoms with van der Waals surface area (Å²) in [5.74, 6) is 0.00246. The summed E-state index contributed by atoms with van der Waals surface area (Å²) in [6.07, 6.45) is 0. The summed E-state index contributed by atoms with van der Waals surface area (Å²) >= 11 is 5.61. The van der Waals surface area contributed by atoms with Crippen molar-refractivity contribution in [2.45, 2.75) is 13.8 Å². The number of carbonyl (C=O) groups is 1. The molecule has 0 spiro atoms. The van der Waals surface area contributed by atoms with Crippen molar-refractivity contribution in [3.63, 3.8) is 0 Å². The molecule has 0 N–H and O–H groups in total. The van der Waals surface area contributed by atoms with E-state index in [9.17, 15) is 4.79 Å². The number of anilines is 1. The Morgan fingerprint density at radius 2 is 1.85 bits per heavy atom. The van der Waals surface area contributed by atoms with Crippen molar-refractivity contribution in [3.05, 3.63) is 61.1 Å². The number of carbonyl (C=O) groups excluding carboxylic acids is 1. The Morgan fingerprint density at radius 3 is 2.50 bits per heavy atom. The molecule has 2 nitrogen and oxygen atoms in total. The van der Waals surface area contributed by atoms with Gasteiger partial charge in [-0.1, -0.05) is 33.6 Å². The molecule has 0 aromatic heterocycles. The van der Waals surface area contributed by atoms with Crippen LogP contribution < -0.4 is 4.90 Å². The predicted molar refractivity (Wildman–Crippen MR) is 95.5 cm³/mol. The fraction of sp³-hybridized carbons (Fsp3) is 0.188. The third-order valence-electron chi connectivity index (χ3n) is 3.18. The summed E-state index contributed by atoms with van der Waals surface area (Å²) in [6, 6.07) is 11.9. The molecule has 20 heavy (non-hydrogen) atoms. The Labute approximate surface area is 141 Å². The zero-order valence-corrected chi connectivity index (χ0v) is 15.3. The molecular weight excluding hydrogens is 429 g/mol. The molecule has 0 aliphatic rings. The second-order valence-electron chi connectivity index (χ2n) is 4.78. The van der Waals surface area contributed by atoms with E-state index < -0.39 is 0 Å². The first-order valence-corrected chi connectivity index (χ1v) is 8.07. The molecule has 0 heterocycles. The summed E-state index contributed by atoms with van der Waals surface area (Å²) in [5, 5.41) is 0. The van der Waals surface area contributed by atoms with Crippen LogP contribution in [0.15, 0.2) is 40.9 Å². The molecule has 104 valence electrons. The minimum absolute atomic E-state index is 0.00246. The normalized spacial score (nSPS) is 10.4. The van der Waals surface area contributed by atoms with Gasteiger partial charge in [-0.05, 0) is 66.3 Å². The first kappa shape index (κ1) is 15.5. The molecule has 0 saturated heterocycles. The summed E-state index contributed by atoms with van der Waals surface area (Å²) in [7, 11) is 1.82. The van der Waals surface area contributed by atoms with Gasteiger partial charge in [0.1, 0.15) is 0 Å². The van der Waals surface area contributed by atoms with Crippen molar-refractivity contribution in [2.24, 2.45) is 0 Å². The average molecular weight is 444 g/mol. The van der Waals surface area contributed by atoms with Crippen LogP contribution in [0.2, 0.25) is 0 Å². The van der Waals surface area contributed by atoms with Gasteiger partial charge in [-0.3, -0.25) is 4.79 Å². The van der Waals surface area contributed by atoms with E-state index in [2.05, 4.69) is 51.5 Å². The third-order valence-corrected chi connectivity index (χ3v) is 4.61. The number of nitrogens with zero attached hydrogens (tertiary/aromatic N) is 1. The quantitative estimate of drug-likeness (QED) is 0.601. The van der Waals surface area contributed by atoms with E-state index in [0.29, 0.717) is 5.56 Å². The molecule has 4 heteroatoms. The Bertz CT molecular complexity index is 670. The molecule has 0 atom stereocenters. The van der Waals surface area contributed by atoms with Gasteiger partial charge in [0, 0.05) is 20.8 Å². The molecule has 0 unspecified atom stereocenters. The fourth-order valence-electron chi connectivity index (χ4n) is 2.13. The van der Waals surface area contributed by atoms with E-state index >= 15 is 0 Å². The zero-order valence-electron chi connectivity index (χ0n) is 11.6. The lowest BCUT2D eigenvalue weighted by Crippen LogP contribution is -2.27. The Morgan fingerprint density at radius 1 is 1.15 bits per heavy atom. The van der Waals surface area contributed by atoms with Crippen LogP contribution in [0.4, 0.5) is 5.69 Å². The molecule has 1 amide bonds. The summed E-state index contributed by atoms with van der Waals surface area (Å²) < 4.78 is 1.86. The minimum atomic E-state index is 0.00246. The van der Waals surface area contributed by atoms with Crippen molar-refractivity contribution in [2.75, 3.05) is 11.9 Å². The molecule has 0 fully saturated rings. The first-order valence-electron chi connectivity index (χ1n) is 6.20. The lowest BCUT2D eigenvalue weighted by molar-refractivity contribution is 0.0992. The lowest BCUT2D eigenvalue weighted by Gasteiger charge is -2.20. The fourth-order valence-corrected chi connectivity index (χ4v) is 3.06. The van der Waals surface area contributed by atoms with Gasteiger partial charge >= 0.3 is 0 Å². The molecule has 2 aromatic rings. The van der Waals surface area contributed by atoms with E-state index in [4.69, 9.17) is 0 Å². The maximum Gasteiger partial charge on any atom is 0.259 e. The van der Waals surface area contributed by atoms with Crippen LogP contribution in [0.25, 0.3) is 0 Å². The van der Waals surface area contributed by atoms with Crippen molar-refractivity contribution in [1.82, 2.24) is 0 Å². The molecule has 0 aliphatic heterocycles. The summed E-state index contributed by atoms with van der Waals surface area (Å²) in [6.45, 7) is 4.08. The Balaban J connectivity index is 2.40. The molecular formula is C16H15BrINO. The lowest BCUT2D eigenvalue weighted by atomic mass is 10.1. The molecule has 2 rings (SSSR count). The summed E-state index contributed by atoms with van der Waals surface area (Å²) in [4.78, 5) is 14.4. The maximum atomic E-state index is 12.7. The van der Waals surface area contributed by atoms with E-state index in [1.54, 1.807) is 4.90 Å². The predicted octanol–water partition coefficient (Wildman–Crippen LogP) is 4.95. The Hall–Kier alpha value is -0.880. The first-order chi connectivity index (χ1) is 9.40.